The Morgan fingerprint density at radius 1 is 1.42 bits per heavy atom. The minimum absolute atomic E-state index is 0.150. The summed E-state index contributed by atoms with van der Waals surface area (Å²) in [6, 6.07) is 9.30. The van der Waals surface area contributed by atoms with Gasteiger partial charge in [0, 0.05) is 11.8 Å². The Morgan fingerprint density at radius 3 is 2.95 bits per heavy atom. The highest BCUT2D eigenvalue weighted by Crippen LogP contribution is 2.31. The first kappa shape index (κ1) is 12.8. The van der Waals surface area contributed by atoms with E-state index in [0.717, 1.165) is 14.9 Å². The number of rotatable bonds is 2. The predicted molar refractivity (Wildman–Crippen MR) is 78.4 cm³/mol. The monoisotopic (exact) mass is 337 g/mol. The van der Waals surface area contributed by atoms with Crippen molar-refractivity contribution in [3.63, 3.8) is 0 Å². The van der Waals surface area contributed by atoms with Gasteiger partial charge in [0.15, 0.2) is 0 Å². The van der Waals surface area contributed by atoms with E-state index >= 15 is 0 Å². The summed E-state index contributed by atoms with van der Waals surface area (Å²) in [5.74, 6) is -0.150. The maximum absolute atomic E-state index is 12.1. The van der Waals surface area contributed by atoms with Crippen molar-refractivity contribution in [1.29, 1.82) is 0 Å². The molecule has 2 aromatic rings. The molecule has 0 bridgehead atoms. The van der Waals surface area contributed by atoms with Crippen molar-refractivity contribution in [2.45, 2.75) is 18.6 Å². The topological polar surface area (TPSA) is 49.3 Å². The van der Waals surface area contributed by atoms with Crippen LogP contribution in [0.1, 0.15) is 27.5 Å². The molecule has 0 spiro atoms. The molecule has 0 aliphatic heterocycles. The molecule has 5 heteroatoms. The third kappa shape index (κ3) is 2.45. The first-order valence-corrected chi connectivity index (χ1v) is 7.63. The summed E-state index contributed by atoms with van der Waals surface area (Å²) in [5, 5.41) is 14.8. The van der Waals surface area contributed by atoms with E-state index in [0.29, 0.717) is 12.0 Å². The Labute approximate surface area is 123 Å². The molecule has 1 aromatic carbocycles. The van der Waals surface area contributed by atoms with Crippen molar-refractivity contribution >= 4 is 33.2 Å². The maximum atomic E-state index is 12.1. The van der Waals surface area contributed by atoms with Crippen molar-refractivity contribution < 1.29 is 9.90 Å². The lowest BCUT2D eigenvalue weighted by atomic mass is 10.1. The minimum Gasteiger partial charge on any atom is -0.390 e. The quantitative estimate of drug-likeness (QED) is 0.885. The van der Waals surface area contributed by atoms with E-state index in [-0.39, 0.29) is 11.9 Å². The van der Waals surface area contributed by atoms with Crippen LogP contribution in [0.25, 0.3) is 0 Å². The standard InChI is InChI=1S/C14H12BrNO2S/c15-12-6-9(7-19-12)14(18)16-13-10-4-2-1-3-8(10)5-11(13)17/h1-4,6-7,11,13,17H,5H2,(H,16,18)/t11-,13+/m0/s1. The number of halogens is 1. The third-order valence-corrected chi connectivity index (χ3v) is 4.82. The number of carbonyl (C=O) groups is 1. The van der Waals surface area contributed by atoms with Crippen molar-refractivity contribution in [1.82, 2.24) is 5.32 Å². The molecule has 0 saturated carbocycles. The first-order chi connectivity index (χ1) is 9.15. The summed E-state index contributed by atoms with van der Waals surface area (Å²) >= 11 is 4.81. The van der Waals surface area contributed by atoms with Crippen LogP contribution in [0.15, 0.2) is 39.5 Å². The van der Waals surface area contributed by atoms with Gasteiger partial charge in [0.2, 0.25) is 0 Å². The van der Waals surface area contributed by atoms with Gasteiger partial charge >= 0.3 is 0 Å². The van der Waals surface area contributed by atoms with Gasteiger partial charge in [-0.3, -0.25) is 4.79 Å². The normalized spacial score (nSPS) is 21.2. The average molecular weight is 338 g/mol. The summed E-state index contributed by atoms with van der Waals surface area (Å²) in [4.78, 5) is 12.1. The number of benzene rings is 1. The fraction of sp³-hybridized carbons (Fsp3) is 0.214. The van der Waals surface area contributed by atoms with Crippen LogP contribution in [-0.4, -0.2) is 17.1 Å². The molecule has 1 aromatic heterocycles. The summed E-state index contributed by atoms with van der Waals surface area (Å²) < 4.78 is 0.921. The second-order valence-electron chi connectivity index (χ2n) is 4.56. The summed E-state index contributed by atoms with van der Waals surface area (Å²) in [7, 11) is 0. The van der Waals surface area contributed by atoms with E-state index in [2.05, 4.69) is 21.2 Å². The van der Waals surface area contributed by atoms with Crippen molar-refractivity contribution in [2.75, 3.05) is 0 Å². The molecule has 0 fully saturated rings. The van der Waals surface area contributed by atoms with Gasteiger partial charge in [-0.2, -0.15) is 0 Å². The highest BCUT2D eigenvalue weighted by molar-refractivity contribution is 9.11. The fourth-order valence-corrected chi connectivity index (χ4v) is 3.54. The number of fused-ring (bicyclic) bond motifs is 1. The fourth-order valence-electron chi connectivity index (χ4n) is 2.40. The van der Waals surface area contributed by atoms with Gasteiger partial charge < -0.3 is 10.4 Å². The number of aliphatic hydroxyl groups excluding tert-OH is 1. The van der Waals surface area contributed by atoms with Crippen LogP contribution in [0.2, 0.25) is 0 Å². The molecule has 1 aliphatic rings. The van der Waals surface area contributed by atoms with Crippen LogP contribution in [0.4, 0.5) is 0 Å². The highest BCUT2D eigenvalue weighted by atomic mass is 79.9. The number of nitrogens with one attached hydrogen (secondary N) is 1. The van der Waals surface area contributed by atoms with E-state index in [1.165, 1.54) is 11.3 Å². The summed E-state index contributed by atoms with van der Waals surface area (Å²) in [6.45, 7) is 0. The molecule has 0 unspecified atom stereocenters. The molecule has 2 atom stereocenters. The van der Waals surface area contributed by atoms with E-state index in [1.54, 1.807) is 11.4 Å². The van der Waals surface area contributed by atoms with Gasteiger partial charge in [0.05, 0.1) is 21.5 Å². The zero-order valence-electron chi connectivity index (χ0n) is 9.97. The van der Waals surface area contributed by atoms with Gasteiger partial charge in [0.25, 0.3) is 5.91 Å². The van der Waals surface area contributed by atoms with Crippen molar-refractivity contribution in [3.8, 4) is 0 Å². The van der Waals surface area contributed by atoms with E-state index in [9.17, 15) is 9.90 Å². The molecular weight excluding hydrogens is 326 g/mol. The van der Waals surface area contributed by atoms with Gasteiger partial charge in [-0.1, -0.05) is 24.3 Å². The van der Waals surface area contributed by atoms with Gasteiger partial charge in [0.1, 0.15) is 0 Å². The molecule has 3 nitrogen and oxygen atoms in total. The number of thiophene rings is 1. The van der Waals surface area contributed by atoms with E-state index in [4.69, 9.17) is 0 Å². The average Bonchev–Trinajstić information content (AvgIpc) is 2.95. The van der Waals surface area contributed by atoms with E-state index < -0.39 is 6.10 Å². The van der Waals surface area contributed by atoms with Crippen molar-refractivity contribution in [3.05, 3.63) is 56.2 Å². The summed E-state index contributed by atoms with van der Waals surface area (Å²) in [5.41, 5.74) is 2.73. The Hall–Kier alpha value is -1.17. The lowest BCUT2D eigenvalue weighted by Gasteiger charge is -2.17. The maximum Gasteiger partial charge on any atom is 0.252 e. The Bertz CT molecular complexity index is 625. The lowest BCUT2D eigenvalue weighted by Crippen LogP contribution is -2.33. The smallest absolute Gasteiger partial charge is 0.252 e. The summed E-state index contributed by atoms with van der Waals surface area (Å²) in [6.07, 6.45) is 0.0393. The Morgan fingerprint density at radius 2 is 2.21 bits per heavy atom. The number of hydrogen-bond acceptors (Lipinski definition) is 3. The number of aliphatic hydroxyl groups is 1. The zero-order chi connectivity index (χ0) is 13.4. The van der Waals surface area contributed by atoms with Gasteiger partial charge in [-0.25, -0.2) is 0 Å². The third-order valence-electron chi connectivity index (χ3n) is 3.32. The van der Waals surface area contributed by atoms with Gasteiger partial charge in [-0.05, 0) is 33.1 Å². The Kier molecular flexibility index (Phi) is 3.43. The van der Waals surface area contributed by atoms with Crippen molar-refractivity contribution in [2.24, 2.45) is 0 Å². The molecule has 19 heavy (non-hydrogen) atoms. The molecule has 98 valence electrons. The zero-order valence-corrected chi connectivity index (χ0v) is 12.4. The second-order valence-corrected chi connectivity index (χ2v) is 6.85. The molecule has 3 rings (SSSR count). The SMILES string of the molecule is O=C(N[C@@H]1c2ccccc2C[C@@H]1O)c1csc(Br)c1. The van der Waals surface area contributed by atoms with Crippen LogP contribution in [-0.2, 0) is 6.42 Å². The number of carbonyl (C=O) groups excluding carboxylic acids is 1. The minimum atomic E-state index is -0.552. The molecular formula is C14H12BrNO2S. The van der Waals surface area contributed by atoms with Gasteiger partial charge in [-0.15, -0.1) is 11.3 Å². The predicted octanol–water partition coefficient (Wildman–Crippen LogP) is 2.90. The molecule has 0 saturated heterocycles. The largest absolute Gasteiger partial charge is 0.390 e. The highest BCUT2D eigenvalue weighted by Gasteiger charge is 2.32. The van der Waals surface area contributed by atoms with Crippen LogP contribution in [0.3, 0.4) is 0 Å². The number of hydrogen-bond donors (Lipinski definition) is 2. The van der Waals surface area contributed by atoms with Crippen LogP contribution < -0.4 is 5.32 Å². The molecule has 0 radical (unpaired) electrons. The van der Waals surface area contributed by atoms with Crippen LogP contribution >= 0.6 is 27.3 Å². The first-order valence-electron chi connectivity index (χ1n) is 5.96. The molecule has 2 N–H and O–H groups in total. The molecule has 1 heterocycles. The number of amides is 1. The van der Waals surface area contributed by atoms with Crippen LogP contribution in [0.5, 0.6) is 0 Å². The lowest BCUT2D eigenvalue weighted by molar-refractivity contribution is 0.0858. The molecule has 1 amide bonds. The Balaban J connectivity index is 1.82. The van der Waals surface area contributed by atoms with E-state index in [1.807, 2.05) is 24.3 Å². The molecule has 1 aliphatic carbocycles. The second kappa shape index (κ2) is 5.07. The van der Waals surface area contributed by atoms with Crippen LogP contribution in [0, 0.1) is 0 Å².